The number of carbonyl (C=O) groups is 1. The van der Waals surface area contributed by atoms with Gasteiger partial charge in [0.1, 0.15) is 6.10 Å². The molecule has 1 saturated heterocycles. The quantitative estimate of drug-likeness (QED) is 0.800. The van der Waals surface area contributed by atoms with Gasteiger partial charge in [-0.15, -0.1) is 11.8 Å². The van der Waals surface area contributed by atoms with Gasteiger partial charge in [-0.2, -0.15) is 4.98 Å². The monoisotopic (exact) mass is 333 g/mol. The van der Waals surface area contributed by atoms with E-state index < -0.39 is 0 Å². The van der Waals surface area contributed by atoms with Crippen molar-refractivity contribution in [3.63, 3.8) is 0 Å². The maximum atomic E-state index is 12.5. The number of aryl methyl sites for hydroxylation is 2. The molecule has 1 aliphatic heterocycles. The SMILES string of the molecule is Cc1nc([C@H]2CN(C(=O)CSc3ccccc3C)CCO2)no1. The van der Waals surface area contributed by atoms with Crippen LogP contribution < -0.4 is 0 Å². The van der Waals surface area contributed by atoms with Gasteiger partial charge in [0.15, 0.2) is 0 Å². The summed E-state index contributed by atoms with van der Waals surface area (Å²) in [5.74, 6) is 1.53. The fourth-order valence-electron chi connectivity index (χ4n) is 2.43. The molecule has 23 heavy (non-hydrogen) atoms. The van der Waals surface area contributed by atoms with Gasteiger partial charge in [0.25, 0.3) is 0 Å². The Morgan fingerprint density at radius 2 is 2.22 bits per heavy atom. The summed E-state index contributed by atoms with van der Waals surface area (Å²) in [4.78, 5) is 19.6. The number of benzene rings is 1. The lowest BCUT2D eigenvalue weighted by molar-refractivity contribution is -0.136. The van der Waals surface area contributed by atoms with Crippen molar-refractivity contribution in [1.82, 2.24) is 15.0 Å². The largest absolute Gasteiger partial charge is 0.366 e. The van der Waals surface area contributed by atoms with Crippen molar-refractivity contribution < 1.29 is 14.1 Å². The van der Waals surface area contributed by atoms with Crippen LogP contribution in [0.25, 0.3) is 0 Å². The number of thioether (sulfide) groups is 1. The highest BCUT2D eigenvalue weighted by Crippen LogP contribution is 2.24. The van der Waals surface area contributed by atoms with Crippen LogP contribution in [0.2, 0.25) is 0 Å². The molecule has 2 aromatic rings. The molecule has 1 aliphatic rings. The molecule has 0 saturated carbocycles. The summed E-state index contributed by atoms with van der Waals surface area (Å²) >= 11 is 1.57. The van der Waals surface area contributed by atoms with Crippen molar-refractivity contribution in [3.8, 4) is 0 Å². The van der Waals surface area contributed by atoms with Gasteiger partial charge in [0.05, 0.1) is 18.9 Å². The Kier molecular flexibility index (Phi) is 4.97. The predicted molar refractivity (Wildman–Crippen MR) is 86.2 cm³/mol. The van der Waals surface area contributed by atoms with Crippen molar-refractivity contribution in [2.24, 2.45) is 0 Å². The standard InChI is InChI=1S/C16H19N3O3S/c1-11-5-3-4-6-14(11)23-10-15(20)19-7-8-21-13(9-19)16-17-12(2)22-18-16/h3-6,13H,7-10H2,1-2H3/t13-/m1/s1. The summed E-state index contributed by atoms with van der Waals surface area (Å²) in [5.41, 5.74) is 1.19. The van der Waals surface area contributed by atoms with Crippen LogP contribution in [0.5, 0.6) is 0 Å². The van der Waals surface area contributed by atoms with Gasteiger partial charge >= 0.3 is 0 Å². The average Bonchev–Trinajstić information content (AvgIpc) is 3.00. The number of hydrogen-bond acceptors (Lipinski definition) is 6. The minimum absolute atomic E-state index is 0.103. The van der Waals surface area contributed by atoms with Crippen molar-refractivity contribution >= 4 is 17.7 Å². The molecule has 122 valence electrons. The summed E-state index contributed by atoms with van der Waals surface area (Å²) in [6.45, 7) is 5.34. The molecular weight excluding hydrogens is 314 g/mol. The van der Waals surface area contributed by atoms with Gasteiger partial charge in [-0.05, 0) is 18.6 Å². The van der Waals surface area contributed by atoms with Gasteiger partial charge in [0.2, 0.25) is 17.6 Å². The summed E-state index contributed by atoms with van der Waals surface area (Å²) < 4.78 is 10.6. The van der Waals surface area contributed by atoms with Crippen LogP contribution in [0.3, 0.4) is 0 Å². The molecular formula is C16H19N3O3S. The maximum absolute atomic E-state index is 12.5. The molecule has 1 aromatic heterocycles. The Bertz CT molecular complexity index is 689. The molecule has 3 rings (SSSR count). The van der Waals surface area contributed by atoms with Crippen LogP contribution in [0.1, 0.15) is 23.4 Å². The molecule has 6 nitrogen and oxygen atoms in total. The zero-order valence-electron chi connectivity index (χ0n) is 13.2. The van der Waals surface area contributed by atoms with Crippen molar-refractivity contribution in [3.05, 3.63) is 41.5 Å². The van der Waals surface area contributed by atoms with E-state index in [1.54, 1.807) is 18.7 Å². The Labute approximate surface area is 139 Å². The lowest BCUT2D eigenvalue weighted by Crippen LogP contribution is -2.43. The lowest BCUT2D eigenvalue weighted by Gasteiger charge is -2.31. The third kappa shape index (κ3) is 3.92. The summed E-state index contributed by atoms with van der Waals surface area (Å²) in [6.07, 6.45) is -0.311. The summed E-state index contributed by atoms with van der Waals surface area (Å²) in [7, 11) is 0. The molecule has 0 bridgehead atoms. The number of amides is 1. The maximum Gasteiger partial charge on any atom is 0.233 e. The second-order valence-corrected chi connectivity index (χ2v) is 6.44. The molecule has 1 aromatic carbocycles. The number of morpholine rings is 1. The zero-order valence-corrected chi connectivity index (χ0v) is 14.0. The van der Waals surface area contributed by atoms with Crippen LogP contribution in [0, 0.1) is 13.8 Å². The van der Waals surface area contributed by atoms with E-state index in [2.05, 4.69) is 23.1 Å². The molecule has 1 amide bonds. The third-order valence-electron chi connectivity index (χ3n) is 3.70. The predicted octanol–water partition coefficient (Wildman–Crippen LogP) is 2.38. The molecule has 0 unspecified atom stereocenters. The number of rotatable bonds is 4. The molecule has 0 spiro atoms. The fraction of sp³-hybridized carbons (Fsp3) is 0.438. The number of hydrogen-bond donors (Lipinski definition) is 0. The first-order chi connectivity index (χ1) is 11.1. The first-order valence-electron chi connectivity index (χ1n) is 7.51. The highest BCUT2D eigenvalue weighted by Gasteiger charge is 2.28. The van der Waals surface area contributed by atoms with Gasteiger partial charge in [-0.25, -0.2) is 0 Å². The molecule has 7 heteroatoms. The molecule has 1 fully saturated rings. The molecule has 1 atom stereocenters. The van der Waals surface area contributed by atoms with Crippen LogP contribution in [-0.2, 0) is 9.53 Å². The Morgan fingerprint density at radius 3 is 2.96 bits per heavy atom. The normalized spacial score (nSPS) is 18.2. The smallest absolute Gasteiger partial charge is 0.233 e. The van der Waals surface area contributed by atoms with Crippen molar-refractivity contribution in [1.29, 1.82) is 0 Å². The molecule has 2 heterocycles. The van der Waals surface area contributed by atoms with Crippen LogP contribution in [-0.4, -0.2) is 46.4 Å². The summed E-state index contributed by atoms with van der Waals surface area (Å²) in [6, 6.07) is 8.08. The van der Waals surface area contributed by atoms with Gasteiger partial charge < -0.3 is 14.2 Å². The third-order valence-corrected chi connectivity index (χ3v) is 4.86. The van der Waals surface area contributed by atoms with E-state index in [9.17, 15) is 4.79 Å². The minimum atomic E-state index is -0.311. The number of aromatic nitrogens is 2. The molecule has 0 radical (unpaired) electrons. The van der Waals surface area contributed by atoms with Gasteiger partial charge in [-0.3, -0.25) is 4.79 Å². The second kappa shape index (κ2) is 7.14. The van der Waals surface area contributed by atoms with E-state index in [1.165, 1.54) is 5.56 Å². The van der Waals surface area contributed by atoms with E-state index in [0.29, 0.717) is 37.2 Å². The number of ether oxygens (including phenoxy) is 1. The Balaban J connectivity index is 1.58. The Hall–Kier alpha value is -1.86. The zero-order chi connectivity index (χ0) is 16.2. The molecule has 0 N–H and O–H groups in total. The van der Waals surface area contributed by atoms with E-state index >= 15 is 0 Å². The highest BCUT2D eigenvalue weighted by molar-refractivity contribution is 8.00. The van der Waals surface area contributed by atoms with E-state index in [0.717, 1.165) is 4.90 Å². The van der Waals surface area contributed by atoms with Crippen LogP contribution >= 0.6 is 11.8 Å². The number of carbonyl (C=O) groups excluding carboxylic acids is 1. The first-order valence-corrected chi connectivity index (χ1v) is 8.50. The average molecular weight is 333 g/mol. The van der Waals surface area contributed by atoms with Gasteiger partial charge in [0, 0.05) is 18.4 Å². The fourth-order valence-corrected chi connectivity index (χ4v) is 3.36. The van der Waals surface area contributed by atoms with Gasteiger partial charge in [-0.1, -0.05) is 23.4 Å². The molecule has 0 aliphatic carbocycles. The van der Waals surface area contributed by atoms with E-state index in [-0.39, 0.29) is 12.0 Å². The van der Waals surface area contributed by atoms with E-state index in [1.807, 2.05) is 23.1 Å². The topological polar surface area (TPSA) is 68.5 Å². The second-order valence-electron chi connectivity index (χ2n) is 5.42. The first kappa shape index (κ1) is 16.0. The minimum Gasteiger partial charge on any atom is -0.366 e. The van der Waals surface area contributed by atoms with Crippen LogP contribution in [0.15, 0.2) is 33.7 Å². The van der Waals surface area contributed by atoms with Crippen molar-refractivity contribution in [2.45, 2.75) is 24.8 Å². The van der Waals surface area contributed by atoms with Crippen LogP contribution in [0.4, 0.5) is 0 Å². The highest BCUT2D eigenvalue weighted by atomic mass is 32.2. The Morgan fingerprint density at radius 1 is 1.39 bits per heavy atom. The lowest BCUT2D eigenvalue weighted by atomic mass is 10.2. The van der Waals surface area contributed by atoms with Crippen molar-refractivity contribution in [2.75, 3.05) is 25.4 Å². The summed E-state index contributed by atoms with van der Waals surface area (Å²) in [5, 5.41) is 3.88. The number of nitrogens with zero attached hydrogens (tertiary/aromatic N) is 3. The van der Waals surface area contributed by atoms with E-state index in [4.69, 9.17) is 9.26 Å².